The van der Waals surface area contributed by atoms with Crippen molar-refractivity contribution in [1.29, 1.82) is 0 Å². The first-order chi connectivity index (χ1) is 8.72. The van der Waals surface area contributed by atoms with Crippen LogP contribution in [-0.2, 0) is 6.42 Å². The molecule has 0 amide bonds. The standard InChI is InChI=1S/C13H18O5/c14-6-10(4-11(16)7-15)3-9-1-2-12-13(5-9)18-8-17-12/h1-2,5,10-11,14-16H,3-4,6-8H2. The number of hydrogen-bond acceptors (Lipinski definition) is 5. The van der Waals surface area contributed by atoms with E-state index in [2.05, 4.69) is 0 Å². The van der Waals surface area contributed by atoms with E-state index in [-0.39, 0.29) is 25.9 Å². The van der Waals surface area contributed by atoms with Crippen molar-refractivity contribution in [2.45, 2.75) is 18.9 Å². The van der Waals surface area contributed by atoms with Crippen LogP contribution in [-0.4, -0.2) is 41.4 Å². The van der Waals surface area contributed by atoms with E-state index in [0.717, 1.165) is 11.3 Å². The molecule has 1 aliphatic rings. The van der Waals surface area contributed by atoms with Gasteiger partial charge in [0, 0.05) is 6.61 Å². The first kappa shape index (κ1) is 13.1. The van der Waals surface area contributed by atoms with Crippen molar-refractivity contribution in [3.8, 4) is 11.5 Å². The van der Waals surface area contributed by atoms with Crippen LogP contribution in [0.5, 0.6) is 11.5 Å². The third-order valence-electron chi connectivity index (χ3n) is 3.04. The summed E-state index contributed by atoms with van der Waals surface area (Å²) in [6, 6.07) is 5.65. The number of aliphatic hydroxyl groups is 3. The van der Waals surface area contributed by atoms with Crippen LogP contribution >= 0.6 is 0 Å². The van der Waals surface area contributed by atoms with Crippen molar-refractivity contribution >= 4 is 0 Å². The van der Waals surface area contributed by atoms with Gasteiger partial charge in [0.1, 0.15) is 0 Å². The van der Waals surface area contributed by atoms with E-state index in [0.29, 0.717) is 18.6 Å². The first-order valence-corrected chi connectivity index (χ1v) is 6.01. The molecule has 5 heteroatoms. The second-order valence-electron chi connectivity index (χ2n) is 4.51. The Morgan fingerprint density at radius 3 is 2.61 bits per heavy atom. The molecule has 0 saturated heterocycles. The fraction of sp³-hybridized carbons (Fsp3) is 0.538. The second kappa shape index (κ2) is 6.04. The Morgan fingerprint density at radius 1 is 1.11 bits per heavy atom. The molecule has 1 aliphatic heterocycles. The summed E-state index contributed by atoms with van der Waals surface area (Å²) in [5.41, 5.74) is 1.02. The highest BCUT2D eigenvalue weighted by Crippen LogP contribution is 2.33. The lowest BCUT2D eigenvalue weighted by Gasteiger charge is -2.17. The molecule has 1 aromatic carbocycles. The smallest absolute Gasteiger partial charge is 0.231 e. The zero-order chi connectivity index (χ0) is 13.0. The summed E-state index contributed by atoms with van der Waals surface area (Å²) < 4.78 is 10.5. The van der Waals surface area contributed by atoms with Crippen LogP contribution in [0.2, 0.25) is 0 Å². The lowest BCUT2D eigenvalue weighted by atomic mass is 9.94. The van der Waals surface area contributed by atoms with Gasteiger partial charge in [0.05, 0.1) is 12.7 Å². The number of ether oxygens (including phenoxy) is 2. The average molecular weight is 254 g/mol. The number of fused-ring (bicyclic) bond motifs is 1. The zero-order valence-corrected chi connectivity index (χ0v) is 10.1. The Morgan fingerprint density at radius 2 is 1.89 bits per heavy atom. The van der Waals surface area contributed by atoms with Crippen LogP contribution in [0.3, 0.4) is 0 Å². The largest absolute Gasteiger partial charge is 0.454 e. The van der Waals surface area contributed by atoms with Gasteiger partial charge in [-0.15, -0.1) is 0 Å². The van der Waals surface area contributed by atoms with Crippen molar-refractivity contribution in [1.82, 2.24) is 0 Å². The first-order valence-electron chi connectivity index (χ1n) is 6.01. The molecular weight excluding hydrogens is 236 g/mol. The van der Waals surface area contributed by atoms with Crippen LogP contribution in [0.4, 0.5) is 0 Å². The molecule has 18 heavy (non-hydrogen) atoms. The molecule has 1 aromatic rings. The Labute approximate surface area is 106 Å². The Kier molecular flexibility index (Phi) is 4.41. The predicted molar refractivity (Wildman–Crippen MR) is 64.6 cm³/mol. The Hall–Kier alpha value is -1.30. The van der Waals surface area contributed by atoms with E-state index < -0.39 is 6.10 Å². The minimum Gasteiger partial charge on any atom is -0.454 e. The number of benzene rings is 1. The van der Waals surface area contributed by atoms with Crippen LogP contribution in [0.15, 0.2) is 18.2 Å². The maximum Gasteiger partial charge on any atom is 0.231 e. The van der Waals surface area contributed by atoms with Crippen molar-refractivity contribution in [2.24, 2.45) is 5.92 Å². The molecule has 2 unspecified atom stereocenters. The summed E-state index contributed by atoms with van der Waals surface area (Å²) in [6.07, 6.45) is 0.224. The maximum absolute atomic E-state index is 9.39. The lowest BCUT2D eigenvalue weighted by molar-refractivity contribution is 0.0626. The normalized spacial score (nSPS) is 16.6. The monoisotopic (exact) mass is 254 g/mol. The molecule has 100 valence electrons. The molecule has 0 radical (unpaired) electrons. The summed E-state index contributed by atoms with van der Waals surface area (Å²) in [5, 5.41) is 27.5. The van der Waals surface area contributed by atoms with Crippen LogP contribution < -0.4 is 9.47 Å². The molecule has 0 bridgehead atoms. The fourth-order valence-electron chi connectivity index (χ4n) is 2.08. The van der Waals surface area contributed by atoms with Gasteiger partial charge in [0.2, 0.25) is 6.79 Å². The van der Waals surface area contributed by atoms with Gasteiger partial charge in [-0.2, -0.15) is 0 Å². The molecular formula is C13H18O5. The molecule has 3 N–H and O–H groups in total. The van der Waals surface area contributed by atoms with Gasteiger partial charge in [-0.05, 0) is 36.5 Å². The van der Waals surface area contributed by atoms with Crippen molar-refractivity contribution in [3.05, 3.63) is 23.8 Å². The highest BCUT2D eigenvalue weighted by atomic mass is 16.7. The van der Waals surface area contributed by atoms with E-state index in [9.17, 15) is 10.2 Å². The summed E-state index contributed by atoms with van der Waals surface area (Å²) >= 11 is 0. The third-order valence-corrected chi connectivity index (χ3v) is 3.04. The van der Waals surface area contributed by atoms with Crippen molar-refractivity contribution in [3.63, 3.8) is 0 Å². The summed E-state index contributed by atoms with van der Waals surface area (Å²) in [4.78, 5) is 0. The summed E-state index contributed by atoms with van der Waals surface area (Å²) in [7, 11) is 0. The highest BCUT2D eigenvalue weighted by Gasteiger charge is 2.17. The second-order valence-corrected chi connectivity index (χ2v) is 4.51. The predicted octanol–water partition coefficient (Wildman–Crippen LogP) is 0.310. The topological polar surface area (TPSA) is 79.2 Å². The number of rotatable bonds is 6. The SMILES string of the molecule is OCC(O)CC(CO)Cc1ccc2c(c1)OCO2. The molecule has 2 atom stereocenters. The molecule has 0 aromatic heterocycles. The molecule has 0 saturated carbocycles. The van der Waals surface area contributed by atoms with Gasteiger partial charge < -0.3 is 24.8 Å². The van der Waals surface area contributed by atoms with E-state index in [4.69, 9.17) is 14.6 Å². The van der Waals surface area contributed by atoms with E-state index in [1.165, 1.54) is 0 Å². The Balaban J connectivity index is 1.98. The average Bonchev–Trinajstić information content (AvgIpc) is 2.85. The molecule has 1 heterocycles. The van der Waals surface area contributed by atoms with Crippen LogP contribution in [0, 0.1) is 5.92 Å². The van der Waals surface area contributed by atoms with Gasteiger partial charge in [-0.3, -0.25) is 0 Å². The van der Waals surface area contributed by atoms with E-state index >= 15 is 0 Å². The van der Waals surface area contributed by atoms with Gasteiger partial charge in [-0.25, -0.2) is 0 Å². The maximum atomic E-state index is 9.39. The molecule has 5 nitrogen and oxygen atoms in total. The van der Waals surface area contributed by atoms with Crippen LogP contribution in [0.1, 0.15) is 12.0 Å². The van der Waals surface area contributed by atoms with Crippen LogP contribution in [0.25, 0.3) is 0 Å². The van der Waals surface area contributed by atoms with Gasteiger partial charge in [-0.1, -0.05) is 6.07 Å². The molecule has 2 rings (SSSR count). The fourth-order valence-corrected chi connectivity index (χ4v) is 2.08. The van der Waals surface area contributed by atoms with Crippen molar-refractivity contribution in [2.75, 3.05) is 20.0 Å². The number of hydrogen-bond donors (Lipinski definition) is 3. The van der Waals surface area contributed by atoms with Gasteiger partial charge >= 0.3 is 0 Å². The van der Waals surface area contributed by atoms with Gasteiger partial charge in [0.25, 0.3) is 0 Å². The number of aliphatic hydroxyl groups excluding tert-OH is 3. The highest BCUT2D eigenvalue weighted by molar-refractivity contribution is 5.44. The van der Waals surface area contributed by atoms with E-state index in [1.807, 2.05) is 18.2 Å². The molecule has 0 aliphatic carbocycles. The third kappa shape index (κ3) is 3.13. The van der Waals surface area contributed by atoms with E-state index in [1.54, 1.807) is 0 Å². The minimum absolute atomic E-state index is 0.0223. The zero-order valence-electron chi connectivity index (χ0n) is 10.1. The lowest BCUT2D eigenvalue weighted by Crippen LogP contribution is -2.21. The molecule has 0 fully saturated rings. The summed E-state index contributed by atoms with van der Waals surface area (Å²) in [5.74, 6) is 1.37. The molecule has 0 spiro atoms. The minimum atomic E-state index is -0.781. The summed E-state index contributed by atoms with van der Waals surface area (Å²) in [6.45, 7) is -0.0609. The van der Waals surface area contributed by atoms with Crippen molar-refractivity contribution < 1.29 is 24.8 Å². The quantitative estimate of drug-likeness (QED) is 0.681. The van der Waals surface area contributed by atoms with Gasteiger partial charge in [0.15, 0.2) is 11.5 Å². The Bertz CT molecular complexity index is 393.